The molecule has 5 rings (SSSR count). The highest BCUT2D eigenvalue weighted by molar-refractivity contribution is 6.05. The summed E-state index contributed by atoms with van der Waals surface area (Å²) in [7, 11) is 0. The number of aromatic nitrogens is 2. The van der Waals surface area contributed by atoms with E-state index in [0.29, 0.717) is 12.5 Å². The van der Waals surface area contributed by atoms with Crippen LogP contribution in [-0.2, 0) is 16.0 Å². The molecule has 1 N–H and O–H groups in total. The van der Waals surface area contributed by atoms with Gasteiger partial charge in [-0.25, -0.2) is 4.98 Å². The van der Waals surface area contributed by atoms with Crippen molar-refractivity contribution in [3.05, 3.63) is 65.7 Å². The van der Waals surface area contributed by atoms with E-state index in [1.165, 1.54) is 24.0 Å². The van der Waals surface area contributed by atoms with E-state index in [-0.39, 0.29) is 18.2 Å². The Balaban J connectivity index is 1.38. The predicted molar refractivity (Wildman–Crippen MR) is 131 cm³/mol. The molecule has 6 heteroatoms. The van der Waals surface area contributed by atoms with Gasteiger partial charge in [-0.05, 0) is 68.4 Å². The molecular formula is C27H30N4O2. The number of fused-ring (bicyclic) bond motifs is 3. The number of rotatable bonds is 7. The summed E-state index contributed by atoms with van der Waals surface area (Å²) in [5, 5.41) is 2.96. The Hall–Kier alpha value is -3.41. The zero-order valence-corrected chi connectivity index (χ0v) is 19.1. The molecule has 3 aromatic rings. The van der Waals surface area contributed by atoms with Crippen molar-refractivity contribution in [3.8, 4) is 0 Å². The van der Waals surface area contributed by atoms with Gasteiger partial charge < -0.3 is 5.32 Å². The Kier molecular flexibility index (Phi) is 5.99. The first-order chi connectivity index (χ1) is 16.1. The summed E-state index contributed by atoms with van der Waals surface area (Å²) in [6.07, 6.45) is 8.93. The lowest BCUT2D eigenvalue weighted by Gasteiger charge is -2.18. The number of aryl methyl sites for hydroxylation is 1. The molecule has 2 amide bonds. The van der Waals surface area contributed by atoms with Gasteiger partial charge in [0.25, 0.3) is 5.91 Å². The quantitative estimate of drug-likeness (QED) is 0.498. The zero-order valence-electron chi connectivity index (χ0n) is 19.1. The fourth-order valence-electron chi connectivity index (χ4n) is 4.91. The Bertz CT molecular complexity index is 1210. The first kappa shape index (κ1) is 21.4. The van der Waals surface area contributed by atoms with E-state index in [1.807, 2.05) is 53.1 Å². The molecule has 0 fully saturated rings. The van der Waals surface area contributed by atoms with Crippen molar-refractivity contribution in [3.63, 3.8) is 0 Å². The maximum atomic E-state index is 13.5. The first-order valence-corrected chi connectivity index (χ1v) is 12.0. The van der Waals surface area contributed by atoms with Crippen LogP contribution in [-0.4, -0.2) is 27.9 Å². The number of benzene rings is 2. The summed E-state index contributed by atoms with van der Waals surface area (Å²) in [6.45, 7) is 2.70. The number of para-hydroxylation sites is 2. The second-order valence-electron chi connectivity index (χ2n) is 8.94. The Morgan fingerprint density at radius 2 is 1.94 bits per heavy atom. The molecular weight excluding hydrogens is 412 g/mol. The minimum atomic E-state index is -0.581. The molecule has 2 heterocycles. The third-order valence-electron chi connectivity index (χ3n) is 6.75. The van der Waals surface area contributed by atoms with E-state index in [9.17, 15) is 9.59 Å². The molecule has 2 aromatic carbocycles. The smallest absolute Gasteiger partial charge is 0.253 e. The van der Waals surface area contributed by atoms with Crippen LogP contribution in [0, 0.1) is 0 Å². The van der Waals surface area contributed by atoms with E-state index in [1.54, 1.807) is 4.90 Å². The lowest BCUT2D eigenvalue weighted by molar-refractivity contribution is -0.124. The van der Waals surface area contributed by atoms with Crippen LogP contribution in [0.5, 0.6) is 0 Å². The van der Waals surface area contributed by atoms with Crippen molar-refractivity contribution in [1.82, 2.24) is 9.55 Å². The molecule has 0 bridgehead atoms. The number of nitrogens with zero attached hydrogens (tertiary/aromatic N) is 3. The molecule has 0 radical (unpaired) electrons. The van der Waals surface area contributed by atoms with Gasteiger partial charge in [-0.2, -0.15) is 0 Å². The van der Waals surface area contributed by atoms with Crippen LogP contribution in [0.15, 0.2) is 60.2 Å². The van der Waals surface area contributed by atoms with Crippen molar-refractivity contribution in [1.29, 1.82) is 0 Å². The molecule has 2 aliphatic rings. The minimum absolute atomic E-state index is 0.0452. The van der Waals surface area contributed by atoms with Crippen molar-refractivity contribution >= 4 is 34.5 Å². The van der Waals surface area contributed by atoms with Gasteiger partial charge in [0.05, 0.1) is 17.5 Å². The molecule has 1 aliphatic heterocycles. The number of hydrogen-bond donors (Lipinski definition) is 1. The van der Waals surface area contributed by atoms with Crippen LogP contribution < -0.4 is 10.2 Å². The minimum Gasteiger partial charge on any atom is -0.326 e. The average molecular weight is 443 g/mol. The molecule has 1 atom stereocenters. The lowest BCUT2D eigenvalue weighted by atomic mass is 9.97. The number of nitrogens with one attached hydrogen (secondary N) is 1. The van der Waals surface area contributed by atoms with Gasteiger partial charge in [0.1, 0.15) is 6.04 Å². The highest BCUT2D eigenvalue weighted by Crippen LogP contribution is 2.37. The van der Waals surface area contributed by atoms with Gasteiger partial charge in [-0.15, -0.1) is 0 Å². The highest BCUT2D eigenvalue weighted by atomic mass is 16.2. The fraction of sp³-hybridized carbons (Fsp3) is 0.370. The van der Waals surface area contributed by atoms with Gasteiger partial charge in [0, 0.05) is 12.2 Å². The summed E-state index contributed by atoms with van der Waals surface area (Å²) in [5.74, 6) is 0.442. The molecule has 33 heavy (non-hydrogen) atoms. The van der Waals surface area contributed by atoms with Crippen LogP contribution in [0.2, 0.25) is 0 Å². The number of hydrogen-bond acceptors (Lipinski definition) is 3. The SMILES string of the molecule is CCc1ccc(NC(=O)C[C@H]2C(=O)N(CCC3=CCCCC3)c3nc4ccccc4n32)cc1. The Labute approximate surface area is 194 Å². The normalized spacial score (nSPS) is 17.8. The van der Waals surface area contributed by atoms with Crippen LogP contribution in [0.4, 0.5) is 11.6 Å². The van der Waals surface area contributed by atoms with Crippen molar-refractivity contribution in [2.45, 2.75) is 57.9 Å². The maximum Gasteiger partial charge on any atom is 0.253 e. The van der Waals surface area contributed by atoms with Crippen LogP contribution in [0.3, 0.4) is 0 Å². The number of amides is 2. The average Bonchev–Trinajstić information content (AvgIpc) is 3.33. The van der Waals surface area contributed by atoms with Crippen LogP contribution >= 0.6 is 0 Å². The van der Waals surface area contributed by atoms with Gasteiger partial charge in [0.2, 0.25) is 11.9 Å². The fourth-order valence-corrected chi connectivity index (χ4v) is 4.91. The third kappa shape index (κ3) is 4.30. The number of carbonyl (C=O) groups excluding carboxylic acids is 2. The monoisotopic (exact) mass is 442 g/mol. The largest absolute Gasteiger partial charge is 0.326 e. The van der Waals surface area contributed by atoms with Crippen LogP contribution in [0.1, 0.15) is 57.1 Å². The van der Waals surface area contributed by atoms with Gasteiger partial charge in [-0.1, -0.05) is 42.8 Å². The van der Waals surface area contributed by atoms with E-state index >= 15 is 0 Å². The highest BCUT2D eigenvalue weighted by Gasteiger charge is 2.40. The molecule has 6 nitrogen and oxygen atoms in total. The summed E-state index contributed by atoms with van der Waals surface area (Å²) in [5.41, 5.74) is 5.14. The molecule has 0 spiro atoms. The zero-order chi connectivity index (χ0) is 22.8. The Morgan fingerprint density at radius 3 is 2.70 bits per heavy atom. The standard InChI is InChI=1S/C27H30N4O2/c1-2-19-12-14-21(15-13-19)28-25(32)18-24-26(33)30(17-16-20-8-4-3-5-9-20)27-29-22-10-6-7-11-23(22)31(24)27/h6-8,10-15,24H,2-5,9,16-18H2,1H3,(H,28,32)/t24-/m0/s1. The third-order valence-corrected chi connectivity index (χ3v) is 6.75. The van der Waals surface area contributed by atoms with Crippen LogP contribution in [0.25, 0.3) is 11.0 Å². The van der Waals surface area contributed by atoms with E-state index in [4.69, 9.17) is 4.98 Å². The van der Waals surface area contributed by atoms with Gasteiger partial charge in [-0.3, -0.25) is 19.1 Å². The van der Waals surface area contributed by atoms with E-state index in [2.05, 4.69) is 18.3 Å². The Morgan fingerprint density at radius 1 is 1.12 bits per heavy atom. The van der Waals surface area contributed by atoms with Crippen molar-refractivity contribution < 1.29 is 9.59 Å². The van der Waals surface area contributed by atoms with E-state index < -0.39 is 6.04 Å². The topological polar surface area (TPSA) is 67.2 Å². The number of carbonyl (C=O) groups is 2. The predicted octanol–water partition coefficient (Wildman–Crippen LogP) is 5.41. The van der Waals surface area contributed by atoms with Gasteiger partial charge >= 0.3 is 0 Å². The molecule has 0 saturated heterocycles. The summed E-state index contributed by atoms with van der Waals surface area (Å²) in [4.78, 5) is 32.9. The van der Waals surface area contributed by atoms with Gasteiger partial charge in [0.15, 0.2) is 0 Å². The number of imidazole rings is 1. The summed E-state index contributed by atoms with van der Waals surface area (Å²) >= 11 is 0. The molecule has 1 aromatic heterocycles. The molecule has 1 aliphatic carbocycles. The number of allylic oxidation sites excluding steroid dienone is 1. The van der Waals surface area contributed by atoms with Crippen molar-refractivity contribution in [2.75, 3.05) is 16.8 Å². The molecule has 0 unspecified atom stereocenters. The summed E-state index contributed by atoms with van der Waals surface area (Å²) in [6, 6.07) is 15.1. The molecule has 170 valence electrons. The second-order valence-corrected chi connectivity index (χ2v) is 8.94. The number of anilines is 2. The maximum absolute atomic E-state index is 13.5. The van der Waals surface area contributed by atoms with E-state index in [0.717, 1.165) is 42.4 Å². The lowest BCUT2D eigenvalue weighted by Crippen LogP contribution is -2.32. The van der Waals surface area contributed by atoms with Crippen molar-refractivity contribution in [2.24, 2.45) is 0 Å². The molecule has 0 saturated carbocycles. The summed E-state index contributed by atoms with van der Waals surface area (Å²) < 4.78 is 1.95. The first-order valence-electron chi connectivity index (χ1n) is 12.0. The second kappa shape index (κ2) is 9.22.